The molecule has 3 rings (SSSR count). The summed E-state index contributed by atoms with van der Waals surface area (Å²) in [6, 6.07) is 11.4. The topological polar surface area (TPSA) is 94.6 Å². The fourth-order valence-corrected chi connectivity index (χ4v) is 3.95. The summed E-state index contributed by atoms with van der Waals surface area (Å²) in [6.45, 7) is 4.26. The standard InChI is InChI=1S/C23H26N2O5S/c1-3-4-21(26)30-15(2)17-7-8-18(24-14-17)11-12-29-19-9-5-16(6-10-19)13-20-22(27)25-23(28)31-20/h5-10,14-15,20H,3-4,11-13H2,1-2H3,(H,25,27,28)/t15?,20-/m0/s1. The van der Waals surface area contributed by atoms with Crippen LogP contribution in [0, 0.1) is 0 Å². The van der Waals surface area contributed by atoms with Crippen LogP contribution < -0.4 is 10.1 Å². The largest absolute Gasteiger partial charge is 0.493 e. The van der Waals surface area contributed by atoms with Crippen molar-refractivity contribution in [3.8, 4) is 5.75 Å². The molecule has 164 valence electrons. The van der Waals surface area contributed by atoms with Gasteiger partial charge in [0.2, 0.25) is 5.91 Å². The molecule has 1 aromatic carbocycles. The van der Waals surface area contributed by atoms with Gasteiger partial charge in [-0.2, -0.15) is 0 Å². The molecule has 2 amide bonds. The average Bonchev–Trinajstić information content (AvgIpc) is 3.06. The van der Waals surface area contributed by atoms with Crippen LogP contribution in [0.15, 0.2) is 42.6 Å². The van der Waals surface area contributed by atoms with Crippen molar-refractivity contribution in [2.45, 2.75) is 50.9 Å². The zero-order chi connectivity index (χ0) is 22.2. The second kappa shape index (κ2) is 10.9. The predicted octanol–water partition coefficient (Wildman–Crippen LogP) is 4.00. The molecule has 0 saturated carbocycles. The van der Waals surface area contributed by atoms with Crippen LogP contribution in [-0.2, 0) is 27.2 Å². The lowest BCUT2D eigenvalue weighted by atomic mass is 10.1. The summed E-state index contributed by atoms with van der Waals surface area (Å²) in [5.41, 5.74) is 2.72. The van der Waals surface area contributed by atoms with Crippen molar-refractivity contribution >= 4 is 28.9 Å². The third-order valence-electron chi connectivity index (χ3n) is 4.82. The van der Waals surface area contributed by atoms with E-state index in [-0.39, 0.29) is 28.5 Å². The van der Waals surface area contributed by atoms with Crippen molar-refractivity contribution in [3.63, 3.8) is 0 Å². The minimum absolute atomic E-state index is 0.197. The molecule has 0 bridgehead atoms. The van der Waals surface area contributed by atoms with Crippen molar-refractivity contribution < 1.29 is 23.9 Å². The summed E-state index contributed by atoms with van der Waals surface area (Å²) in [7, 11) is 0. The summed E-state index contributed by atoms with van der Waals surface area (Å²) in [5.74, 6) is 0.302. The van der Waals surface area contributed by atoms with E-state index in [0.717, 1.165) is 40.8 Å². The summed E-state index contributed by atoms with van der Waals surface area (Å²) < 4.78 is 11.2. The second-order valence-electron chi connectivity index (χ2n) is 7.29. The van der Waals surface area contributed by atoms with Gasteiger partial charge in [0.15, 0.2) is 0 Å². The molecule has 2 heterocycles. The van der Waals surface area contributed by atoms with Crippen LogP contribution in [0.1, 0.15) is 49.6 Å². The number of rotatable bonds is 10. The maximum absolute atomic E-state index is 11.7. The van der Waals surface area contributed by atoms with E-state index < -0.39 is 0 Å². The summed E-state index contributed by atoms with van der Waals surface area (Å²) in [4.78, 5) is 38.9. The molecule has 8 heteroatoms. The Morgan fingerprint density at radius 2 is 1.97 bits per heavy atom. The van der Waals surface area contributed by atoms with Crippen molar-refractivity contribution in [1.82, 2.24) is 10.3 Å². The number of aromatic nitrogens is 1. The van der Waals surface area contributed by atoms with Gasteiger partial charge < -0.3 is 9.47 Å². The molecular weight excluding hydrogens is 416 g/mol. The summed E-state index contributed by atoms with van der Waals surface area (Å²) in [5, 5.41) is 1.64. The van der Waals surface area contributed by atoms with Crippen molar-refractivity contribution in [2.24, 2.45) is 0 Å². The van der Waals surface area contributed by atoms with E-state index in [1.807, 2.05) is 50.2 Å². The molecule has 2 aromatic rings. The normalized spacial score (nSPS) is 16.6. The van der Waals surface area contributed by atoms with Crippen LogP contribution >= 0.6 is 11.8 Å². The number of thioether (sulfide) groups is 1. The summed E-state index contributed by atoms with van der Waals surface area (Å²) in [6.07, 6.45) is 3.75. The van der Waals surface area contributed by atoms with E-state index in [1.165, 1.54) is 0 Å². The molecule has 1 unspecified atom stereocenters. The van der Waals surface area contributed by atoms with Crippen LogP contribution in [0.4, 0.5) is 4.79 Å². The van der Waals surface area contributed by atoms with Crippen molar-refractivity contribution in [3.05, 3.63) is 59.4 Å². The van der Waals surface area contributed by atoms with E-state index in [9.17, 15) is 14.4 Å². The van der Waals surface area contributed by atoms with Crippen LogP contribution in [0.2, 0.25) is 0 Å². The molecule has 1 saturated heterocycles. The SMILES string of the molecule is CCCC(=O)OC(C)c1ccc(CCOc2ccc(C[C@@H]3SC(=O)NC3=O)cc2)nc1. The lowest BCUT2D eigenvalue weighted by Gasteiger charge is -2.13. The Kier molecular flexibility index (Phi) is 8.06. The number of nitrogens with one attached hydrogen (secondary N) is 1. The van der Waals surface area contributed by atoms with Gasteiger partial charge in [-0.1, -0.05) is 36.9 Å². The number of ether oxygens (including phenoxy) is 2. The van der Waals surface area contributed by atoms with Gasteiger partial charge >= 0.3 is 5.97 Å². The smallest absolute Gasteiger partial charge is 0.306 e. The minimum atomic E-state index is -0.369. The van der Waals surface area contributed by atoms with Crippen LogP contribution in [-0.4, -0.2) is 34.0 Å². The molecule has 1 aliphatic heterocycles. The first-order valence-electron chi connectivity index (χ1n) is 10.3. The lowest BCUT2D eigenvalue weighted by Crippen LogP contribution is -2.25. The molecule has 1 aromatic heterocycles. The minimum Gasteiger partial charge on any atom is -0.493 e. The Labute approximate surface area is 185 Å². The number of nitrogens with zero attached hydrogens (tertiary/aromatic N) is 1. The number of hydrogen-bond acceptors (Lipinski definition) is 7. The molecule has 2 atom stereocenters. The number of amides is 2. The highest BCUT2D eigenvalue weighted by molar-refractivity contribution is 8.15. The maximum Gasteiger partial charge on any atom is 0.306 e. The van der Waals surface area contributed by atoms with Gasteiger partial charge in [0, 0.05) is 30.3 Å². The second-order valence-corrected chi connectivity index (χ2v) is 8.47. The fourth-order valence-electron chi connectivity index (χ4n) is 3.09. The third-order valence-corrected chi connectivity index (χ3v) is 5.80. The Morgan fingerprint density at radius 3 is 2.58 bits per heavy atom. The summed E-state index contributed by atoms with van der Waals surface area (Å²) >= 11 is 1.03. The molecule has 31 heavy (non-hydrogen) atoms. The zero-order valence-corrected chi connectivity index (χ0v) is 18.4. The van der Waals surface area contributed by atoms with Crippen molar-refractivity contribution in [2.75, 3.05) is 6.61 Å². The highest BCUT2D eigenvalue weighted by atomic mass is 32.2. The molecular formula is C23H26N2O5S. The van der Waals surface area contributed by atoms with Crippen LogP contribution in [0.5, 0.6) is 5.75 Å². The highest BCUT2D eigenvalue weighted by Crippen LogP contribution is 2.24. The van der Waals surface area contributed by atoms with E-state index in [4.69, 9.17) is 9.47 Å². The Balaban J connectivity index is 1.43. The van der Waals surface area contributed by atoms with Crippen LogP contribution in [0.3, 0.4) is 0 Å². The van der Waals surface area contributed by atoms with Crippen molar-refractivity contribution in [1.29, 1.82) is 0 Å². The lowest BCUT2D eigenvalue weighted by molar-refractivity contribution is -0.148. The number of esters is 1. The van der Waals surface area contributed by atoms with E-state index in [1.54, 1.807) is 6.20 Å². The number of pyridine rings is 1. The first kappa shape index (κ1) is 22.8. The average molecular weight is 443 g/mol. The number of carbonyl (C=O) groups excluding carboxylic acids is 3. The van der Waals surface area contributed by atoms with E-state index in [0.29, 0.717) is 25.9 Å². The van der Waals surface area contributed by atoms with Gasteiger partial charge in [-0.05, 0) is 43.5 Å². The monoisotopic (exact) mass is 442 g/mol. The fraction of sp³-hybridized carbons (Fsp3) is 0.391. The number of imide groups is 1. The van der Waals surface area contributed by atoms with Gasteiger partial charge in [-0.25, -0.2) is 0 Å². The molecule has 0 radical (unpaired) electrons. The first-order valence-corrected chi connectivity index (χ1v) is 11.2. The molecule has 0 aliphatic carbocycles. The van der Waals surface area contributed by atoms with Gasteiger partial charge in [-0.3, -0.25) is 24.7 Å². The maximum atomic E-state index is 11.7. The van der Waals surface area contributed by atoms with Gasteiger partial charge in [0.25, 0.3) is 5.24 Å². The number of carbonyl (C=O) groups is 3. The zero-order valence-electron chi connectivity index (χ0n) is 17.6. The molecule has 1 fully saturated rings. The van der Waals surface area contributed by atoms with Gasteiger partial charge in [-0.15, -0.1) is 0 Å². The molecule has 1 N–H and O–H groups in total. The number of benzene rings is 1. The third kappa shape index (κ3) is 6.82. The number of hydrogen-bond donors (Lipinski definition) is 1. The Hall–Kier alpha value is -2.87. The first-order chi connectivity index (χ1) is 14.9. The van der Waals surface area contributed by atoms with E-state index >= 15 is 0 Å². The van der Waals surface area contributed by atoms with Gasteiger partial charge in [0.1, 0.15) is 11.9 Å². The quantitative estimate of drug-likeness (QED) is 0.556. The predicted molar refractivity (Wildman–Crippen MR) is 118 cm³/mol. The Bertz CT molecular complexity index is 915. The molecule has 7 nitrogen and oxygen atoms in total. The van der Waals surface area contributed by atoms with Crippen LogP contribution in [0.25, 0.3) is 0 Å². The molecule has 1 aliphatic rings. The molecule has 0 spiro atoms. The van der Waals surface area contributed by atoms with E-state index in [2.05, 4.69) is 10.3 Å². The Morgan fingerprint density at radius 1 is 1.19 bits per heavy atom. The highest BCUT2D eigenvalue weighted by Gasteiger charge is 2.31. The van der Waals surface area contributed by atoms with Gasteiger partial charge in [0.05, 0.1) is 11.9 Å².